The van der Waals surface area contributed by atoms with Gasteiger partial charge in [0.05, 0.1) is 17.7 Å². The third kappa shape index (κ3) is 2.56. The van der Waals surface area contributed by atoms with E-state index in [0.717, 1.165) is 43.7 Å². The van der Waals surface area contributed by atoms with Gasteiger partial charge in [-0.3, -0.25) is 9.69 Å². The second-order valence-electron chi connectivity index (χ2n) is 7.05. The van der Waals surface area contributed by atoms with E-state index in [0.29, 0.717) is 12.1 Å². The van der Waals surface area contributed by atoms with Gasteiger partial charge in [-0.15, -0.1) is 0 Å². The highest BCUT2D eigenvalue weighted by atomic mass is 16.2. The van der Waals surface area contributed by atoms with E-state index >= 15 is 0 Å². The fraction of sp³-hybridized carbons (Fsp3) is 0.765. The van der Waals surface area contributed by atoms with Gasteiger partial charge in [-0.25, -0.2) is 4.98 Å². The van der Waals surface area contributed by atoms with Gasteiger partial charge in [-0.1, -0.05) is 0 Å². The molecule has 2 aliphatic rings. The number of aryl methyl sites for hydroxylation is 1. The van der Waals surface area contributed by atoms with Gasteiger partial charge in [0, 0.05) is 38.6 Å². The van der Waals surface area contributed by atoms with Crippen molar-refractivity contribution in [1.82, 2.24) is 19.4 Å². The third-order valence-electron chi connectivity index (χ3n) is 5.24. The lowest BCUT2D eigenvalue weighted by Gasteiger charge is -2.42. The predicted octanol–water partition coefficient (Wildman–Crippen LogP) is 2.13. The first-order valence-electron chi connectivity index (χ1n) is 8.57. The molecule has 0 radical (unpaired) electrons. The van der Waals surface area contributed by atoms with Crippen LogP contribution in [-0.2, 0) is 18.3 Å². The van der Waals surface area contributed by atoms with Crippen molar-refractivity contribution >= 4 is 5.91 Å². The minimum atomic E-state index is -0.170. The molecule has 0 bridgehead atoms. The Morgan fingerprint density at radius 1 is 1.32 bits per heavy atom. The quantitative estimate of drug-likeness (QED) is 0.840. The molecule has 122 valence electrons. The Labute approximate surface area is 133 Å². The predicted molar refractivity (Wildman–Crippen MR) is 86.5 cm³/mol. The van der Waals surface area contributed by atoms with Gasteiger partial charge in [-0.05, 0) is 40.0 Å². The number of amides is 1. The summed E-state index contributed by atoms with van der Waals surface area (Å²) in [4.78, 5) is 22.3. The van der Waals surface area contributed by atoms with Gasteiger partial charge < -0.3 is 9.47 Å². The van der Waals surface area contributed by atoms with E-state index in [1.807, 2.05) is 17.9 Å². The summed E-state index contributed by atoms with van der Waals surface area (Å²) >= 11 is 0. The molecular weight excluding hydrogens is 276 g/mol. The van der Waals surface area contributed by atoms with Gasteiger partial charge in [0.2, 0.25) is 5.91 Å². The molecule has 22 heavy (non-hydrogen) atoms. The van der Waals surface area contributed by atoms with E-state index in [2.05, 4.69) is 35.6 Å². The molecule has 0 aliphatic carbocycles. The molecule has 0 N–H and O–H groups in total. The summed E-state index contributed by atoms with van der Waals surface area (Å²) in [6, 6.07) is 0.544. The van der Waals surface area contributed by atoms with Gasteiger partial charge >= 0.3 is 0 Å². The molecular formula is C17H28N4O. The lowest BCUT2D eigenvalue weighted by atomic mass is 9.96. The highest BCUT2D eigenvalue weighted by molar-refractivity contribution is 5.84. The van der Waals surface area contributed by atoms with Crippen LogP contribution in [0.15, 0.2) is 6.33 Å². The molecule has 0 spiro atoms. The van der Waals surface area contributed by atoms with Crippen LogP contribution in [0, 0.1) is 0 Å². The average Bonchev–Trinajstić information content (AvgIpc) is 2.87. The summed E-state index contributed by atoms with van der Waals surface area (Å²) in [6.45, 7) is 8.36. The van der Waals surface area contributed by atoms with Crippen molar-refractivity contribution in [2.45, 2.75) is 64.6 Å². The second kappa shape index (κ2) is 6.03. The van der Waals surface area contributed by atoms with E-state index in [-0.39, 0.29) is 11.9 Å². The van der Waals surface area contributed by atoms with Gasteiger partial charge in [0.25, 0.3) is 0 Å². The number of imidazole rings is 1. The smallest absolute Gasteiger partial charge is 0.246 e. The summed E-state index contributed by atoms with van der Waals surface area (Å²) in [7, 11) is 2.01. The number of nitrogens with zero attached hydrogens (tertiary/aromatic N) is 4. The number of fused-ring (bicyclic) bond motifs is 1. The van der Waals surface area contributed by atoms with Crippen LogP contribution in [0.25, 0.3) is 0 Å². The van der Waals surface area contributed by atoms with Crippen LogP contribution in [0.5, 0.6) is 0 Å². The summed E-state index contributed by atoms with van der Waals surface area (Å²) in [5.74, 6) is 0.269. The molecule has 5 nitrogen and oxygen atoms in total. The monoisotopic (exact) mass is 304 g/mol. The van der Waals surface area contributed by atoms with Crippen LogP contribution >= 0.6 is 0 Å². The van der Waals surface area contributed by atoms with Gasteiger partial charge in [-0.2, -0.15) is 0 Å². The first kappa shape index (κ1) is 15.5. The van der Waals surface area contributed by atoms with E-state index in [9.17, 15) is 4.79 Å². The topological polar surface area (TPSA) is 41.4 Å². The molecule has 0 saturated carbocycles. The molecule has 1 saturated heterocycles. The molecule has 1 aromatic heterocycles. The number of hydrogen-bond acceptors (Lipinski definition) is 3. The lowest BCUT2D eigenvalue weighted by molar-refractivity contribution is -0.142. The molecule has 1 amide bonds. The van der Waals surface area contributed by atoms with Crippen LogP contribution in [-0.4, -0.2) is 50.4 Å². The molecule has 0 aromatic carbocycles. The Hall–Kier alpha value is -1.36. The lowest BCUT2D eigenvalue weighted by Crippen LogP contribution is -2.52. The second-order valence-corrected chi connectivity index (χ2v) is 7.05. The summed E-state index contributed by atoms with van der Waals surface area (Å²) < 4.78 is 2.04. The number of aromatic nitrogens is 2. The summed E-state index contributed by atoms with van der Waals surface area (Å²) in [6.07, 6.45) is 6.28. The van der Waals surface area contributed by atoms with Gasteiger partial charge in [0.1, 0.15) is 6.04 Å². The first-order chi connectivity index (χ1) is 10.5. The van der Waals surface area contributed by atoms with Crippen molar-refractivity contribution in [3.63, 3.8) is 0 Å². The fourth-order valence-electron chi connectivity index (χ4n) is 3.95. The Balaban J connectivity index is 1.96. The minimum absolute atomic E-state index is 0.170. The van der Waals surface area contributed by atoms with E-state index in [1.165, 1.54) is 6.42 Å². The third-order valence-corrected chi connectivity index (χ3v) is 5.24. The summed E-state index contributed by atoms with van der Waals surface area (Å²) in [5.41, 5.74) is 2.20. The number of rotatable bonds is 2. The summed E-state index contributed by atoms with van der Waals surface area (Å²) in [5, 5.41) is 0. The number of carbonyl (C=O) groups excluding carboxylic acids is 1. The standard InChI is InChI=1S/C17H28N4O/c1-12(2)20-10-8-14-15(19(4)11-18-14)16(20)17(22)21-9-6-5-7-13(21)3/h11-13,16H,5-10H2,1-4H3/t13-,16-/m1/s1. The van der Waals surface area contributed by atoms with Crippen molar-refractivity contribution in [3.05, 3.63) is 17.7 Å². The Morgan fingerprint density at radius 3 is 2.77 bits per heavy atom. The minimum Gasteiger partial charge on any atom is -0.338 e. The number of likely N-dealkylation sites (tertiary alicyclic amines) is 1. The number of piperidine rings is 1. The maximum atomic E-state index is 13.3. The van der Waals surface area contributed by atoms with Crippen molar-refractivity contribution in [2.24, 2.45) is 7.05 Å². The average molecular weight is 304 g/mol. The van der Waals surface area contributed by atoms with E-state index < -0.39 is 0 Å². The largest absolute Gasteiger partial charge is 0.338 e. The van der Waals surface area contributed by atoms with E-state index in [4.69, 9.17) is 0 Å². The van der Waals surface area contributed by atoms with Crippen molar-refractivity contribution in [1.29, 1.82) is 0 Å². The maximum Gasteiger partial charge on any atom is 0.246 e. The highest BCUT2D eigenvalue weighted by Gasteiger charge is 2.40. The van der Waals surface area contributed by atoms with Crippen LogP contribution in [0.2, 0.25) is 0 Å². The molecule has 1 fully saturated rings. The molecule has 3 heterocycles. The van der Waals surface area contributed by atoms with Crippen LogP contribution < -0.4 is 0 Å². The van der Waals surface area contributed by atoms with Crippen LogP contribution in [0.3, 0.4) is 0 Å². The molecule has 2 aliphatic heterocycles. The number of carbonyl (C=O) groups is 1. The molecule has 2 atom stereocenters. The molecule has 1 aromatic rings. The fourth-order valence-corrected chi connectivity index (χ4v) is 3.95. The Morgan fingerprint density at radius 2 is 2.09 bits per heavy atom. The number of hydrogen-bond donors (Lipinski definition) is 0. The van der Waals surface area contributed by atoms with Crippen molar-refractivity contribution in [2.75, 3.05) is 13.1 Å². The van der Waals surface area contributed by atoms with E-state index in [1.54, 1.807) is 0 Å². The van der Waals surface area contributed by atoms with Crippen molar-refractivity contribution in [3.8, 4) is 0 Å². The molecule has 0 unspecified atom stereocenters. The zero-order valence-electron chi connectivity index (χ0n) is 14.2. The van der Waals surface area contributed by atoms with Crippen LogP contribution in [0.4, 0.5) is 0 Å². The van der Waals surface area contributed by atoms with Crippen molar-refractivity contribution < 1.29 is 4.79 Å². The maximum absolute atomic E-state index is 13.3. The zero-order valence-corrected chi connectivity index (χ0v) is 14.2. The Kier molecular flexibility index (Phi) is 4.26. The zero-order chi connectivity index (χ0) is 15.9. The Bertz CT molecular complexity index is 551. The molecule has 5 heteroatoms. The van der Waals surface area contributed by atoms with Gasteiger partial charge in [0.15, 0.2) is 0 Å². The normalized spacial score (nSPS) is 26.3. The van der Waals surface area contributed by atoms with Crippen LogP contribution in [0.1, 0.15) is 57.5 Å². The first-order valence-corrected chi connectivity index (χ1v) is 8.57. The SMILES string of the molecule is CC(C)N1CCc2ncn(C)c2[C@@H]1C(=O)N1CCCC[C@H]1C. The molecule has 3 rings (SSSR count). The highest BCUT2D eigenvalue weighted by Crippen LogP contribution is 2.33.